The van der Waals surface area contributed by atoms with Gasteiger partial charge in [0.2, 0.25) is 0 Å². The van der Waals surface area contributed by atoms with Crippen LogP contribution in [0.3, 0.4) is 0 Å². The summed E-state index contributed by atoms with van der Waals surface area (Å²) in [6, 6.07) is 71.4. The largest absolute Gasteiger partial charge is 0.303 e. The Kier molecular flexibility index (Phi) is 8.22. The van der Waals surface area contributed by atoms with Crippen LogP contribution in [0.25, 0.3) is 11.1 Å². The van der Waals surface area contributed by atoms with Crippen molar-refractivity contribution in [3.05, 3.63) is 238 Å². The highest BCUT2D eigenvalue weighted by atomic mass is 32.7. The van der Waals surface area contributed by atoms with Crippen LogP contribution in [0.5, 0.6) is 0 Å². The number of nitrogens with zero attached hydrogens (tertiary/aromatic N) is 3. The summed E-state index contributed by atoms with van der Waals surface area (Å²) in [5, 5.41) is 3.93. The Balaban J connectivity index is 1.28. The zero-order chi connectivity index (χ0) is 43.9. The Morgan fingerprint density at radius 1 is 0.369 bits per heavy atom. The van der Waals surface area contributed by atoms with E-state index in [9.17, 15) is 0 Å². The molecule has 312 valence electrons. The molecule has 1 atom stereocenters. The molecule has 9 aromatic carbocycles. The summed E-state index contributed by atoms with van der Waals surface area (Å²) >= 11 is 6.42. The average molecular weight is 873 g/mol. The van der Waals surface area contributed by atoms with Crippen molar-refractivity contribution in [3.63, 3.8) is 0 Å². The quantitative estimate of drug-likeness (QED) is 0.136. The summed E-state index contributed by atoms with van der Waals surface area (Å²) in [4.78, 5) is 7.76. The lowest BCUT2D eigenvalue weighted by atomic mass is 9.67. The standard InChI is InChI=1S/C60H47N3PS/c1-37-20-26-44(27-21-37)61-50-32-40(4)33-51-57(50)64(65)58-52(61)34-41(5)35-53(58)63(46-30-24-39(3)25-31-46)56-55-47-18-12-13-19-48(47)60(42-14-8-6-9-15-42,43-16-10-7-11-17-43)49(55)36-54(59(56)64)62(51)45-28-22-38(2)23-29-45/h6-36,65H,1-5H3/q+1. The third-order valence-electron chi connectivity index (χ3n) is 14.4. The van der Waals surface area contributed by atoms with E-state index in [1.807, 2.05) is 0 Å². The van der Waals surface area contributed by atoms with Gasteiger partial charge < -0.3 is 14.7 Å². The minimum Gasteiger partial charge on any atom is -0.303 e. The lowest BCUT2D eigenvalue weighted by Crippen LogP contribution is -2.49. The molecule has 65 heavy (non-hydrogen) atoms. The van der Waals surface area contributed by atoms with Crippen LogP contribution in [0.2, 0.25) is 0 Å². The average Bonchev–Trinajstić information content (AvgIpc) is 3.61. The van der Waals surface area contributed by atoms with Crippen molar-refractivity contribution in [1.82, 2.24) is 0 Å². The van der Waals surface area contributed by atoms with E-state index in [0.29, 0.717) is 0 Å². The van der Waals surface area contributed by atoms with E-state index in [1.54, 1.807) is 0 Å². The van der Waals surface area contributed by atoms with Crippen molar-refractivity contribution in [2.45, 2.75) is 40.0 Å². The Morgan fingerprint density at radius 3 is 1.22 bits per heavy atom. The van der Waals surface area contributed by atoms with E-state index in [2.05, 4.69) is 237 Å². The second-order valence-corrected chi connectivity index (χ2v) is 22.9. The van der Waals surface area contributed by atoms with Crippen molar-refractivity contribution in [3.8, 4) is 11.1 Å². The summed E-state index contributed by atoms with van der Waals surface area (Å²) in [6.07, 6.45) is 0. The fourth-order valence-corrected chi connectivity index (χ4v) is 17.2. The van der Waals surface area contributed by atoms with Gasteiger partial charge in [0.15, 0.2) is 22.4 Å². The second kappa shape index (κ2) is 13.8. The maximum atomic E-state index is 6.42. The Hall–Kier alpha value is -6.84. The predicted octanol–water partition coefficient (Wildman–Crippen LogP) is 15.1. The first-order valence-electron chi connectivity index (χ1n) is 22.6. The van der Waals surface area contributed by atoms with Crippen LogP contribution in [0.4, 0.5) is 51.2 Å². The number of hydrogen-bond donors (Lipinski definition) is 1. The smallest absolute Gasteiger partial charge is 0.180 e. The molecule has 0 amide bonds. The van der Waals surface area contributed by atoms with Crippen LogP contribution >= 0.6 is 18.7 Å². The molecule has 0 fully saturated rings. The van der Waals surface area contributed by atoms with Crippen LogP contribution in [0.1, 0.15) is 50.1 Å². The predicted molar refractivity (Wildman–Crippen MR) is 280 cm³/mol. The number of fused-ring (bicyclic) bond motifs is 4. The first-order chi connectivity index (χ1) is 31.7. The maximum absolute atomic E-state index is 6.42. The number of thiol groups is 1. The molecule has 0 saturated heterocycles. The van der Waals surface area contributed by atoms with Gasteiger partial charge >= 0.3 is 0 Å². The van der Waals surface area contributed by atoms with E-state index in [1.165, 1.54) is 111 Å². The second-order valence-electron chi connectivity index (χ2n) is 18.5. The van der Waals surface area contributed by atoms with Crippen molar-refractivity contribution < 1.29 is 0 Å². The van der Waals surface area contributed by atoms with Gasteiger partial charge in [0.25, 0.3) is 0 Å². The third kappa shape index (κ3) is 5.13. The van der Waals surface area contributed by atoms with Crippen LogP contribution in [-0.4, -0.2) is 0 Å². The Bertz CT molecular complexity index is 3380. The molecule has 0 radical (unpaired) electrons. The maximum Gasteiger partial charge on any atom is 0.180 e. The summed E-state index contributed by atoms with van der Waals surface area (Å²) in [6.45, 7) is 8.32. The minimum absolute atomic E-state index is 0.620. The number of aryl methyl sites for hydroxylation is 5. The first-order valence-corrected chi connectivity index (χ1v) is 25.6. The molecular formula is C60H47N3PS+. The molecule has 0 saturated carbocycles. The van der Waals surface area contributed by atoms with Crippen LogP contribution in [-0.2, 0) is 5.41 Å². The number of anilines is 9. The molecule has 0 N–H and O–H groups in total. The van der Waals surface area contributed by atoms with E-state index in [4.69, 9.17) is 12.2 Å². The first kappa shape index (κ1) is 38.6. The zero-order valence-corrected chi connectivity index (χ0v) is 38.9. The number of benzene rings is 9. The van der Waals surface area contributed by atoms with E-state index in [-0.39, 0.29) is 0 Å². The molecule has 5 heteroatoms. The van der Waals surface area contributed by atoms with E-state index in [0.717, 1.165) is 17.1 Å². The molecule has 9 aromatic rings. The number of hydrogen-bond acceptors (Lipinski definition) is 4. The minimum atomic E-state index is -2.74. The van der Waals surface area contributed by atoms with Gasteiger partial charge in [-0.1, -0.05) is 138 Å². The van der Waals surface area contributed by atoms with Gasteiger partial charge in [-0.25, -0.2) is 0 Å². The SMILES string of the molecule is Cc1ccc(N2c3cc(C)cc4c3[P+]3(S)c5c2cc(C)cc5N(c2ccc(C)cc2)c2c5c(cc(c23)N4c2ccc(C)cc2)C(c2ccccc2)(c2ccccc2)c2ccccc2-5)cc1. The third-order valence-corrected chi connectivity index (χ3v) is 19.5. The van der Waals surface area contributed by atoms with Crippen molar-refractivity contribution >= 4 is 85.8 Å². The molecule has 0 aromatic heterocycles. The lowest BCUT2D eigenvalue weighted by Gasteiger charge is -2.49. The molecule has 3 aliphatic heterocycles. The summed E-state index contributed by atoms with van der Waals surface area (Å²) < 4.78 is 0. The molecule has 0 spiro atoms. The van der Waals surface area contributed by atoms with Crippen molar-refractivity contribution in [1.29, 1.82) is 0 Å². The van der Waals surface area contributed by atoms with Crippen LogP contribution < -0.4 is 30.6 Å². The molecule has 1 unspecified atom stereocenters. The summed E-state index contributed by atoms with van der Waals surface area (Å²) in [5.41, 5.74) is 23.8. The van der Waals surface area contributed by atoms with Gasteiger partial charge in [0.05, 0.1) is 33.9 Å². The van der Waals surface area contributed by atoms with Gasteiger partial charge in [0, 0.05) is 34.9 Å². The highest BCUT2D eigenvalue weighted by molar-refractivity contribution is 8.61. The van der Waals surface area contributed by atoms with Crippen LogP contribution in [0.15, 0.2) is 188 Å². The van der Waals surface area contributed by atoms with Gasteiger partial charge in [-0.2, -0.15) is 0 Å². The molecule has 4 aliphatic rings. The fourth-order valence-electron chi connectivity index (χ4n) is 11.7. The monoisotopic (exact) mass is 872 g/mol. The van der Waals surface area contributed by atoms with Gasteiger partial charge in [-0.05, 0) is 140 Å². The van der Waals surface area contributed by atoms with E-state index >= 15 is 0 Å². The Labute approximate surface area is 387 Å². The molecule has 3 heterocycles. The molecule has 13 rings (SSSR count). The zero-order valence-electron chi connectivity index (χ0n) is 37.1. The fraction of sp³-hybridized carbons (Fsp3) is 0.100. The Morgan fingerprint density at radius 2 is 0.754 bits per heavy atom. The normalized spacial score (nSPS) is 16.6. The highest BCUT2D eigenvalue weighted by Gasteiger charge is 2.65. The lowest BCUT2D eigenvalue weighted by molar-refractivity contribution is 0.768. The molecular weight excluding hydrogens is 826 g/mol. The van der Waals surface area contributed by atoms with E-state index < -0.39 is 11.9 Å². The molecule has 1 aliphatic carbocycles. The van der Waals surface area contributed by atoms with Crippen LogP contribution in [0, 0.1) is 34.6 Å². The van der Waals surface area contributed by atoms with Crippen molar-refractivity contribution in [2.75, 3.05) is 14.7 Å². The van der Waals surface area contributed by atoms with Gasteiger partial charge in [0.1, 0.15) is 5.69 Å². The summed E-state index contributed by atoms with van der Waals surface area (Å²) in [5.74, 6) is 0. The van der Waals surface area contributed by atoms with Gasteiger partial charge in [-0.15, -0.1) is 0 Å². The topological polar surface area (TPSA) is 9.72 Å². The molecule has 0 bridgehead atoms. The number of rotatable bonds is 5. The van der Waals surface area contributed by atoms with Gasteiger partial charge in [-0.3, -0.25) is 0 Å². The molecule has 3 nitrogen and oxygen atoms in total. The highest BCUT2D eigenvalue weighted by Crippen LogP contribution is 2.78. The summed E-state index contributed by atoms with van der Waals surface area (Å²) in [7, 11) is 0. The van der Waals surface area contributed by atoms with Crippen molar-refractivity contribution in [2.24, 2.45) is 0 Å².